The van der Waals surface area contributed by atoms with Gasteiger partial charge in [0.15, 0.2) is 0 Å². The Morgan fingerprint density at radius 3 is 0.700 bits per heavy atom. The van der Waals surface area contributed by atoms with Crippen LogP contribution in [0.3, 0.4) is 0 Å². The van der Waals surface area contributed by atoms with Gasteiger partial charge in [0.05, 0.1) is 0 Å². The molecule has 0 spiro atoms. The summed E-state index contributed by atoms with van der Waals surface area (Å²) in [4.78, 5) is 6.07. The molecule has 0 aliphatic rings. The lowest BCUT2D eigenvalue weighted by Gasteiger charge is -2.32. The van der Waals surface area contributed by atoms with Crippen molar-refractivity contribution in [1.29, 1.82) is 0 Å². The second-order valence-electron chi connectivity index (χ2n) is 28.4. The van der Waals surface area contributed by atoms with Gasteiger partial charge in [-0.15, -0.1) is 0 Å². The van der Waals surface area contributed by atoms with Crippen LogP contribution in [0.25, 0.3) is 0 Å². The molecule has 11 heteroatoms. The second kappa shape index (κ2) is 22.5. The first-order valence-corrected chi connectivity index (χ1v) is 31.8. The number of hydrogen-bond acceptors (Lipinski definition) is 10. The van der Waals surface area contributed by atoms with E-state index in [1.165, 1.54) is 0 Å². The Bertz CT molecular complexity index is 3080. The van der Waals surface area contributed by atoms with Crippen molar-refractivity contribution >= 4 is 43.1 Å². The molecule has 0 radical (unpaired) electrons. The number of phenolic OH excluding ortho intramolecular Hbond substituents is 3. The highest BCUT2D eigenvalue weighted by molar-refractivity contribution is 8.00. The van der Waals surface area contributed by atoms with Crippen LogP contribution in [0, 0.1) is 62.3 Å². The predicted octanol–water partition coefficient (Wildman–Crippen LogP) is 21.5. The Hall–Kier alpha value is -4.60. The molecule has 0 aliphatic heterocycles. The summed E-state index contributed by atoms with van der Waals surface area (Å²) in [7, 11) is -4.78. The molecule has 0 bridgehead atoms. The highest BCUT2D eigenvalue weighted by Gasteiger charge is 2.42. The van der Waals surface area contributed by atoms with Gasteiger partial charge in [-0.1, -0.05) is 160 Å². The van der Waals surface area contributed by atoms with E-state index in [0.717, 1.165) is 113 Å². The fourth-order valence-corrected chi connectivity index (χ4v) is 14.8. The van der Waals surface area contributed by atoms with E-state index in [1.54, 1.807) is 35.3 Å². The van der Waals surface area contributed by atoms with E-state index >= 15 is 4.57 Å². The van der Waals surface area contributed by atoms with E-state index < -0.39 is 24.1 Å². The Morgan fingerprint density at radius 1 is 0.312 bits per heavy atom. The maximum Gasteiger partial charge on any atom is 0.647 e. The summed E-state index contributed by atoms with van der Waals surface area (Å²) in [5.74, 6) is 2.26. The lowest BCUT2D eigenvalue weighted by atomic mass is 9.84. The number of benzene rings is 6. The molecule has 0 aliphatic carbocycles. The number of phosphoric acid groups is 1. The normalized spacial score (nSPS) is 13.0. The zero-order valence-electron chi connectivity index (χ0n) is 53.3. The van der Waals surface area contributed by atoms with Crippen LogP contribution in [0.5, 0.6) is 34.5 Å². The quantitative estimate of drug-likeness (QED) is 0.103. The number of aryl methyl sites for hydroxylation is 3. The fraction of sp³-hybridized carbons (Fsp3) is 0.478. The van der Waals surface area contributed by atoms with E-state index in [-0.39, 0.29) is 16.2 Å². The van der Waals surface area contributed by atoms with Crippen LogP contribution in [0.2, 0.25) is 0 Å². The van der Waals surface area contributed by atoms with Gasteiger partial charge >= 0.3 is 7.82 Å². The molecule has 3 N–H and O–H groups in total. The molecule has 0 aromatic heterocycles. The summed E-state index contributed by atoms with van der Waals surface area (Å²) in [5.41, 5.74) is 10.6. The van der Waals surface area contributed by atoms with Crippen LogP contribution in [-0.2, 0) is 37.1 Å². The van der Waals surface area contributed by atoms with Gasteiger partial charge < -0.3 is 28.9 Å². The Labute approximate surface area is 494 Å². The van der Waals surface area contributed by atoms with Crippen molar-refractivity contribution in [3.8, 4) is 34.5 Å². The van der Waals surface area contributed by atoms with Crippen molar-refractivity contribution in [3.05, 3.63) is 138 Å². The molecule has 0 amide bonds. The Kier molecular flexibility index (Phi) is 18.2. The van der Waals surface area contributed by atoms with E-state index in [0.29, 0.717) is 34.5 Å². The van der Waals surface area contributed by atoms with Crippen molar-refractivity contribution in [3.63, 3.8) is 0 Å². The van der Waals surface area contributed by atoms with Crippen molar-refractivity contribution in [1.82, 2.24) is 0 Å². The van der Waals surface area contributed by atoms with Crippen LogP contribution in [0.15, 0.2) is 84.0 Å². The summed E-state index contributed by atoms with van der Waals surface area (Å²) in [6, 6.07) is 18.8. The highest BCUT2D eigenvalue weighted by Crippen LogP contribution is 2.59. The lowest BCUT2D eigenvalue weighted by molar-refractivity contribution is 0.288. The molecule has 0 unspecified atom stereocenters. The Balaban J connectivity index is 1.62. The van der Waals surface area contributed by atoms with Gasteiger partial charge in [-0.25, -0.2) is 0 Å². The molecule has 0 heterocycles. The summed E-state index contributed by atoms with van der Waals surface area (Å²) in [6.45, 7) is 56.3. The van der Waals surface area contributed by atoms with Crippen molar-refractivity contribution < 1.29 is 33.5 Å². The molecular formula is C69H93O7PS3. The first-order valence-electron chi connectivity index (χ1n) is 27.9. The van der Waals surface area contributed by atoms with Gasteiger partial charge in [-0.2, -0.15) is 4.57 Å². The molecule has 6 rings (SSSR count). The molecular weight excluding hydrogens is 1070 g/mol. The molecule has 0 fully saturated rings. The van der Waals surface area contributed by atoms with Crippen LogP contribution in [-0.4, -0.2) is 15.3 Å². The molecule has 6 aromatic rings. The molecule has 0 saturated carbocycles. The van der Waals surface area contributed by atoms with Gasteiger partial charge in [-0.3, -0.25) is 0 Å². The SMILES string of the molecule is Cc1cc(Sc2cc(C(C)(C)C)c(OP(=O)(Oc3c(C(C)(C)C)cc(Sc4cc(C)c(O)c(C(C)(C)C)c4)c(C)c3C)Oc3c(C(C)(C)C)cc(Sc4cc(C)c(O)c(C(C)(C)C)c4)c(C)c3C)c(C)c2C)cc(C(C)(C)C)c1O. The minimum atomic E-state index is -4.78. The average molecular weight is 1160 g/mol. The van der Waals surface area contributed by atoms with Crippen molar-refractivity contribution in [2.45, 2.75) is 249 Å². The molecule has 434 valence electrons. The lowest BCUT2D eigenvalue weighted by Crippen LogP contribution is -2.21. The van der Waals surface area contributed by atoms with Crippen LogP contribution < -0.4 is 13.6 Å². The molecule has 0 atom stereocenters. The largest absolute Gasteiger partial charge is 0.647 e. The zero-order chi connectivity index (χ0) is 60.7. The maximum absolute atomic E-state index is 16.9. The third kappa shape index (κ3) is 13.9. The minimum absolute atomic E-state index is 0.276. The first-order chi connectivity index (χ1) is 36.2. The smallest absolute Gasteiger partial charge is 0.507 e. The van der Waals surface area contributed by atoms with Gasteiger partial charge in [0.1, 0.15) is 34.5 Å². The first kappa shape index (κ1) is 64.6. The van der Waals surface area contributed by atoms with Gasteiger partial charge in [0.25, 0.3) is 0 Å². The average Bonchev–Trinajstić information content (AvgIpc) is 3.29. The number of phenols is 3. The van der Waals surface area contributed by atoms with Crippen LogP contribution in [0.4, 0.5) is 0 Å². The standard InChI is InChI=1S/C69H93O7PS3/c1-37-28-46(31-49(58(37)70)64(10,11)12)78-55-34-52(67(19,20)21)61(43(7)40(55)4)74-77(73,75-62-44(8)41(5)56(35-53(62)68(22,23)24)79-47-29-38(2)59(71)50(32-47)65(13,14)15)76-63-45(9)42(6)57(36-54(63)69(25,26)27)80-48-30-39(3)60(72)51(33-48)66(16,17)18/h28-36,70-72H,1-27H3. The summed E-state index contributed by atoms with van der Waals surface area (Å²) >= 11 is 4.93. The third-order valence-electron chi connectivity index (χ3n) is 15.3. The van der Waals surface area contributed by atoms with Gasteiger partial charge in [-0.05, 0) is 199 Å². The van der Waals surface area contributed by atoms with E-state index in [9.17, 15) is 15.3 Å². The van der Waals surface area contributed by atoms with Crippen molar-refractivity contribution in [2.75, 3.05) is 0 Å². The van der Waals surface area contributed by atoms with Crippen LogP contribution >= 0.6 is 43.1 Å². The zero-order valence-corrected chi connectivity index (χ0v) is 56.7. The monoisotopic (exact) mass is 1160 g/mol. The molecule has 6 aromatic carbocycles. The molecule has 7 nitrogen and oxygen atoms in total. The summed E-state index contributed by atoms with van der Waals surface area (Å²) in [6.07, 6.45) is 0. The van der Waals surface area contributed by atoms with Gasteiger partial charge in [0.2, 0.25) is 0 Å². The van der Waals surface area contributed by atoms with E-state index in [1.807, 2.05) is 59.7 Å². The fourth-order valence-electron chi connectivity index (χ4n) is 9.83. The number of phosphoric ester groups is 1. The minimum Gasteiger partial charge on any atom is -0.507 e. The van der Waals surface area contributed by atoms with E-state index in [2.05, 4.69) is 182 Å². The Morgan fingerprint density at radius 2 is 0.512 bits per heavy atom. The molecule has 0 saturated heterocycles. The summed E-state index contributed by atoms with van der Waals surface area (Å²) < 4.78 is 38.6. The van der Waals surface area contributed by atoms with Crippen LogP contribution in [0.1, 0.15) is 208 Å². The third-order valence-corrected chi connectivity index (χ3v) is 19.9. The maximum atomic E-state index is 16.9. The second-order valence-corrected chi connectivity index (χ2v) is 33.2. The number of hydrogen-bond donors (Lipinski definition) is 3. The number of rotatable bonds is 12. The van der Waals surface area contributed by atoms with Crippen molar-refractivity contribution in [2.24, 2.45) is 0 Å². The topological polar surface area (TPSA) is 105 Å². The highest BCUT2D eigenvalue weighted by atomic mass is 32.2. The summed E-state index contributed by atoms with van der Waals surface area (Å²) in [5, 5.41) is 33.5. The number of aromatic hydroxyl groups is 3. The van der Waals surface area contributed by atoms with Gasteiger partial charge in [0, 0.05) is 62.8 Å². The van der Waals surface area contributed by atoms with E-state index in [4.69, 9.17) is 13.6 Å². The molecule has 80 heavy (non-hydrogen) atoms. The predicted molar refractivity (Wildman–Crippen MR) is 340 cm³/mol.